The van der Waals surface area contributed by atoms with E-state index in [1.807, 2.05) is 0 Å². The summed E-state index contributed by atoms with van der Waals surface area (Å²) in [5.74, 6) is -1.58. The number of carboxylic acids is 2. The molecule has 0 atom stereocenters. The van der Waals surface area contributed by atoms with Crippen molar-refractivity contribution in [2.75, 3.05) is 13.1 Å². The number of unbranched alkanes of at least 4 members (excludes halogenated alkanes) is 4. The van der Waals surface area contributed by atoms with E-state index in [0.29, 0.717) is 25.9 Å². The van der Waals surface area contributed by atoms with Crippen molar-refractivity contribution in [3.63, 3.8) is 0 Å². The second-order valence-electron chi connectivity index (χ2n) is 5.37. The van der Waals surface area contributed by atoms with Gasteiger partial charge in [-0.05, 0) is 25.7 Å². The van der Waals surface area contributed by atoms with Crippen LogP contribution in [0.3, 0.4) is 0 Å². The molecular formula is C16H30CaN2O6. The van der Waals surface area contributed by atoms with Gasteiger partial charge in [-0.15, -0.1) is 0 Å². The Hall–Kier alpha value is -0.860. The summed E-state index contributed by atoms with van der Waals surface area (Å²) in [6, 6.07) is 0. The Bertz CT molecular complexity index is 319. The van der Waals surface area contributed by atoms with Crippen LogP contribution in [0.25, 0.3) is 0 Å². The first-order valence-corrected chi connectivity index (χ1v) is 8.18. The number of carboxylic acid groups (broad SMARTS) is 2. The molecule has 9 heteroatoms. The SMILES string of the molecule is CC(=O)NCCCCCC(=O)O.CC(=O)NCCCCCC(=O)O.[Ca]. The van der Waals surface area contributed by atoms with Crippen LogP contribution in [0.1, 0.15) is 65.2 Å². The number of carbonyl (C=O) groups excluding carboxylic acids is 2. The smallest absolute Gasteiger partial charge is 0.303 e. The molecular weight excluding hydrogens is 356 g/mol. The molecule has 0 bridgehead atoms. The topological polar surface area (TPSA) is 133 Å². The Morgan fingerprint density at radius 2 is 0.960 bits per heavy atom. The molecule has 2 radical (unpaired) electrons. The molecule has 0 aromatic heterocycles. The van der Waals surface area contributed by atoms with E-state index in [0.717, 1.165) is 25.7 Å². The van der Waals surface area contributed by atoms with Gasteiger partial charge in [-0.1, -0.05) is 12.8 Å². The van der Waals surface area contributed by atoms with Gasteiger partial charge >= 0.3 is 11.9 Å². The number of aliphatic carboxylic acids is 2. The predicted molar refractivity (Wildman–Crippen MR) is 95.3 cm³/mol. The van der Waals surface area contributed by atoms with Crippen LogP contribution in [-0.2, 0) is 19.2 Å². The normalized spacial score (nSPS) is 9.04. The average Bonchev–Trinajstić information content (AvgIpc) is 2.46. The van der Waals surface area contributed by atoms with Crippen molar-refractivity contribution in [3.05, 3.63) is 0 Å². The molecule has 0 saturated heterocycles. The van der Waals surface area contributed by atoms with E-state index in [1.165, 1.54) is 13.8 Å². The minimum atomic E-state index is -0.755. The Morgan fingerprint density at radius 3 is 1.20 bits per heavy atom. The second-order valence-corrected chi connectivity index (χ2v) is 5.37. The monoisotopic (exact) mass is 386 g/mol. The van der Waals surface area contributed by atoms with Crippen molar-refractivity contribution in [1.29, 1.82) is 0 Å². The molecule has 0 aromatic carbocycles. The Balaban J connectivity index is -0.000000372. The van der Waals surface area contributed by atoms with Crippen molar-refractivity contribution in [2.24, 2.45) is 0 Å². The number of amides is 2. The van der Waals surface area contributed by atoms with Gasteiger partial charge in [-0.3, -0.25) is 19.2 Å². The molecule has 0 spiro atoms. The van der Waals surface area contributed by atoms with Gasteiger partial charge in [0, 0.05) is 77.5 Å². The number of carbonyl (C=O) groups is 4. The van der Waals surface area contributed by atoms with Crippen molar-refractivity contribution < 1.29 is 29.4 Å². The third kappa shape index (κ3) is 35.2. The predicted octanol–water partition coefficient (Wildman–Crippen LogP) is 1.15. The third-order valence-electron chi connectivity index (χ3n) is 2.88. The fourth-order valence-electron chi connectivity index (χ4n) is 1.68. The zero-order valence-corrected chi connectivity index (χ0v) is 17.5. The van der Waals surface area contributed by atoms with Crippen molar-refractivity contribution in [2.45, 2.75) is 65.2 Å². The van der Waals surface area contributed by atoms with Crippen LogP contribution in [0.5, 0.6) is 0 Å². The minimum Gasteiger partial charge on any atom is -0.481 e. The summed E-state index contributed by atoms with van der Waals surface area (Å²) in [4.78, 5) is 40.9. The van der Waals surface area contributed by atoms with Crippen LogP contribution in [0, 0.1) is 0 Å². The summed E-state index contributed by atoms with van der Waals surface area (Å²) in [5, 5.41) is 21.9. The van der Waals surface area contributed by atoms with Crippen LogP contribution >= 0.6 is 0 Å². The zero-order chi connectivity index (χ0) is 18.8. The van der Waals surface area contributed by atoms with Crippen LogP contribution < -0.4 is 10.6 Å². The van der Waals surface area contributed by atoms with Gasteiger partial charge in [0.2, 0.25) is 11.8 Å². The minimum absolute atomic E-state index is 0. The molecule has 2 amide bonds. The van der Waals surface area contributed by atoms with E-state index in [1.54, 1.807) is 0 Å². The van der Waals surface area contributed by atoms with E-state index in [4.69, 9.17) is 10.2 Å². The van der Waals surface area contributed by atoms with Crippen LogP contribution in [0.2, 0.25) is 0 Å². The van der Waals surface area contributed by atoms with Gasteiger partial charge in [0.1, 0.15) is 0 Å². The maximum atomic E-state index is 10.4. The number of rotatable bonds is 12. The third-order valence-corrected chi connectivity index (χ3v) is 2.88. The fourth-order valence-corrected chi connectivity index (χ4v) is 1.68. The molecule has 4 N–H and O–H groups in total. The van der Waals surface area contributed by atoms with Gasteiger partial charge in [0.25, 0.3) is 0 Å². The van der Waals surface area contributed by atoms with Gasteiger partial charge in [0.15, 0.2) is 0 Å². The Morgan fingerprint density at radius 1 is 0.640 bits per heavy atom. The molecule has 0 heterocycles. The van der Waals surface area contributed by atoms with E-state index < -0.39 is 11.9 Å². The molecule has 0 rings (SSSR count). The molecule has 0 aliphatic carbocycles. The van der Waals surface area contributed by atoms with Crippen molar-refractivity contribution in [1.82, 2.24) is 10.6 Å². The van der Waals surface area contributed by atoms with Crippen LogP contribution in [0.4, 0.5) is 0 Å². The fraction of sp³-hybridized carbons (Fsp3) is 0.750. The molecule has 25 heavy (non-hydrogen) atoms. The van der Waals surface area contributed by atoms with Crippen molar-refractivity contribution in [3.8, 4) is 0 Å². The van der Waals surface area contributed by atoms with Crippen LogP contribution in [-0.4, -0.2) is 84.8 Å². The summed E-state index contributed by atoms with van der Waals surface area (Å²) in [6.07, 6.45) is 5.24. The summed E-state index contributed by atoms with van der Waals surface area (Å²) < 4.78 is 0. The van der Waals surface area contributed by atoms with Gasteiger partial charge in [0.05, 0.1) is 0 Å². The molecule has 0 aromatic rings. The van der Waals surface area contributed by atoms with E-state index in [-0.39, 0.29) is 62.4 Å². The average molecular weight is 387 g/mol. The molecule has 0 aliphatic rings. The number of nitrogens with one attached hydrogen (secondary N) is 2. The first-order valence-electron chi connectivity index (χ1n) is 8.18. The van der Waals surface area contributed by atoms with Gasteiger partial charge < -0.3 is 20.8 Å². The van der Waals surface area contributed by atoms with Crippen LogP contribution in [0.15, 0.2) is 0 Å². The van der Waals surface area contributed by atoms with Gasteiger partial charge in [-0.2, -0.15) is 0 Å². The maximum Gasteiger partial charge on any atom is 0.303 e. The van der Waals surface area contributed by atoms with E-state index in [2.05, 4.69) is 10.6 Å². The standard InChI is InChI=1S/2C8H15NO3.Ca/c2*1-7(10)9-6-4-2-3-5-8(11)12;/h2*2-6H2,1H3,(H,9,10)(H,11,12);. The molecule has 0 aliphatic heterocycles. The molecule has 0 saturated carbocycles. The summed E-state index contributed by atoms with van der Waals surface area (Å²) in [6.45, 7) is 4.23. The largest absolute Gasteiger partial charge is 0.481 e. The number of hydrogen-bond acceptors (Lipinski definition) is 4. The Labute approximate surface area is 179 Å². The molecule has 0 fully saturated rings. The maximum absolute atomic E-state index is 10.4. The molecule has 0 unspecified atom stereocenters. The quantitative estimate of drug-likeness (QED) is 0.294. The van der Waals surface area contributed by atoms with E-state index in [9.17, 15) is 19.2 Å². The Kier molecular flexibility index (Phi) is 24.5. The van der Waals surface area contributed by atoms with E-state index >= 15 is 0 Å². The van der Waals surface area contributed by atoms with Gasteiger partial charge in [-0.25, -0.2) is 0 Å². The van der Waals surface area contributed by atoms with Crippen molar-refractivity contribution >= 4 is 61.5 Å². The molecule has 142 valence electrons. The first-order chi connectivity index (χ1) is 11.3. The number of hydrogen-bond donors (Lipinski definition) is 4. The molecule has 8 nitrogen and oxygen atoms in total. The first kappa shape index (κ1) is 28.9. The second kappa shape index (κ2) is 21.2. The summed E-state index contributed by atoms with van der Waals surface area (Å²) >= 11 is 0. The zero-order valence-electron chi connectivity index (χ0n) is 15.3. The summed E-state index contributed by atoms with van der Waals surface area (Å²) in [5.41, 5.74) is 0. The summed E-state index contributed by atoms with van der Waals surface area (Å²) in [7, 11) is 0.